The van der Waals surface area contributed by atoms with E-state index >= 15 is 0 Å². The van der Waals surface area contributed by atoms with E-state index in [0.29, 0.717) is 6.54 Å². The van der Waals surface area contributed by atoms with Gasteiger partial charge in [0.05, 0.1) is 5.56 Å². The van der Waals surface area contributed by atoms with Gasteiger partial charge in [0.15, 0.2) is 0 Å². The highest BCUT2D eigenvalue weighted by Gasteiger charge is 2.13. The average Bonchev–Trinajstić information content (AvgIpc) is 2.39. The Morgan fingerprint density at radius 2 is 2.10 bits per heavy atom. The SMILES string of the molecule is Cl.O=C(NCCN1CCNCC1)c1ccc(Cl)cc1F. The Morgan fingerprint density at radius 3 is 2.75 bits per heavy atom. The third-order valence-electron chi connectivity index (χ3n) is 3.10. The van der Waals surface area contributed by atoms with Gasteiger partial charge in [0.1, 0.15) is 5.82 Å². The lowest BCUT2D eigenvalue weighted by Gasteiger charge is -2.27. The number of nitrogens with zero attached hydrogens (tertiary/aromatic N) is 1. The van der Waals surface area contributed by atoms with Crippen LogP contribution in [0.5, 0.6) is 0 Å². The van der Waals surface area contributed by atoms with Gasteiger partial charge in [-0.15, -0.1) is 12.4 Å². The van der Waals surface area contributed by atoms with Crippen molar-refractivity contribution in [1.29, 1.82) is 0 Å². The predicted molar refractivity (Wildman–Crippen MR) is 80.3 cm³/mol. The third-order valence-corrected chi connectivity index (χ3v) is 3.33. The quantitative estimate of drug-likeness (QED) is 0.884. The summed E-state index contributed by atoms with van der Waals surface area (Å²) in [5.74, 6) is -0.989. The first-order valence-corrected chi connectivity index (χ1v) is 6.71. The zero-order valence-corrected chi connectivity index (χ0v) is 12.6. The average molecular weight is 322 g/mol. The predicted octanol–water partition coefficient (Wildman–Crippen LogP) is 1.54. The van der Waals surface area contributed by atoms with Gasteiger partial charge in [0, 0.05) is 44.3 Å². The number of halogens is 3. The molecule has 0 aliphatic carbocycles. The molecule has 0 unspecified atom stereocenters. The van der Waals surface area contributed by atoms with E-state index in [4.69, 9.17) is 11.6 Å². The van der Waals surface area contributed by atoms with E-state index < -0.39 is 11.7 Å². The molecule has 0 atom stereocenters. The number of rotatable bonds is 4. The minimum atomic E-state index is -0.591. The van der Waals surface area contributed by atoms with Gasteiger partial charge in [0.25, 0.3) is 5.91 Å². The van der Waals surface area contributed by atoms with E-state index in [1.807, 2.05) is 0 Å². The lowest BCUT2D eigenvalue weighted by Crippen LogP contribution is -2.46. The Labute approximate surface area is 129 Å². The van der Waals surface area contributed by atoms with E-state index in [0.717, 1.165) is 38.8 Å². The van der Waals surface area contributed by atoms with Gasteiger partial charge in [-0.25, -0.2) is 4.39 Å². The molecule has 1 amide bonds. The smallest absolute Gasteiger partial charge is 0.254 e. The summed E-state index contributed by atoms with van der Waals surface area (Å²) < 4.78 is 13.5. The van der Waals surface area contributed by atoms with Crippen LogP contribution in [0.2, 0.25) is 5.02 Å². The van der Waals surface area contributed by atoms with Crippen molar-refractivity contribution in [1.82, 2.24) is 15.5 Å². The number of amides is 1. The number of carbonyl (C=O) groups excluding carboxylic acids is 1. The maximum absolute atomic E-state index is 13.5. The molecule has 7 heteroatoms. The lowest BCUT2D eigenvalue weighted by atomic mass is 10.2. The highest BCUT2D eigenvalue weighted by Crippen LogP contribution is 2.14. The molecule has 0 radical (unpaired) electrons. The van der Waals surface area contributed by atoms with Crippen LogP contribution >= 0.6 is 24.0 Å². The molecule has 1 heterocycles. The van der Waals surface area contributed by atoms with Gasteiger partial charge in [-0.3, -0.25) is 9.69 Å². The van der Waals surface area contributed by atoms with Crippen LogP contribution in [0.1, 0.15) is 10.4 Å². The Kier molecular flexibility index (Phi) is 7.23. The van der Waals surface area contributed by atoms with Crippen molar-refractivity contribution < 1.29 is 9.18 Å². The zero-order chi connectivity index (χ0) is 13.7. The number of nitrogens with one attached hydrogen (secondary N) is 2. The summed E-state index contributed by atoms with van der Waals surface area (Å²) in [5.41, 5.74) is 0.0321. The Morgan fingerprint density at radius 1 is 1.40 bits per heavy atom. The monoisotopic (exact) mass is 321 g/mol. The first kappa shape index (κ1) is 17.2. The molecule has 2 rings (SSSR count). The Balaban J connectivity index is 0.00000200. The van der Waals surface area contributed by atoms with E-state index in [9.17, 15) is 9.18 Å². The fourth-order valence-electron chi connectivity index (χ4n) is 2.03. The van der Waals surface area contributed by atoms with Crippen LogP contribution < -0.4 is 10.6 Å². The number of benzene rings is 1. The van der Waals surface area contributed by atoms with Gasteiger partial charge in [-0.1, -0.05) is 11.6 Å². The minimum Gasteiger partial charge on any atom is -0.351 e. The van der Waals surface area contributed by atoms with Gasteiger partial charge in [-0.2, -0.15) is 0 Å². The maximum atomic E-state index is 13.5. The second-order valence-electron chi connectivity index (χ2n) is 4.47. The molecule has 1 saturated heterocycles. The molecular formula is C13H18Cl2FN3O. The summed E-state index contributed by atoms with van der Waals surface area (Å²) >= 11 is 5.64. The molecule has 0 spiro atoms. The first-order valence-electron chi connectivity index (χ1n) is 6.33. The fraction of sp³-hybridized carbons (Fsp3) is 0.462. The minimum absolute atomic E-state index is 0. The summed E-state index contributed by atoms with van der Waals surface area (Å²) in [6, 6.07) is 4.06. The van der Waals surface area contributed by atoms with Crippen molar-refractivity contribution in [3.8, 4) is 0 Å². The molecule has 2 N–H and O–H groups in total. The molecule has 1 aliphatic heterocycles. The van der Waals surface area contributed by atoms with E-state index in [-0.39, 0.29) is 23.0 Å². The lowest BCUT2D eigenvalue weighted by molar-refractivity contribution is 0.0943. The maximum Gasteiger partial charge on any atom is 0.254 e. The van der Waals surface area contributed by atoms with E-state index in [1.165, 1.54) is 12.1 Å². The summed E-state index contributed by atoms with van der Waals surface area (Å²) in [7, 11) is 0. The molecule has 20 heavy (non-hydrogen) atoms. The van der Waals surface area contributed by atoms with Crippen LogP contribution in [-0.4, -0.2) is 50.1 Å². The number of hydrogen-bond acceptors (Lipinski definition) is 3. The van der Waals surface area contributed by atoms with Gasteiger partial charge < -0.3 is 10.6 Å². The van der Waals surface area contributed by atoms with Crippen LogP contribution in [0.15, 0.2) is 18.2 Å². The van der Waals surface area contributed by atoms with E-state index in [1.54, 1.807) is 0 Å². The van der Waals surface area contributed by atoms with Crippen LogP contribution in [0.3, 0.4) is 0 Å². The van der Waals surface area contributed by atoms with Crippen molar-refractivity contribution >= 4 is 29.9 Å². The second kappa shape index (κ2) is 8.42. The first-order chi connectivity index (χ1) is 9.16. The fourth-order valence-corrected chi connectivity index (χ4v) is 2.19. The number of carbonyl (C=O) groups is 1. The molecule has 0 aromatic heterocycles. The van der Waals surface area contributed by atoms with Crippen LogP contribution in [0, 0.1) is 5.82 Å². The molecule has 0 bridgehead atoms. The highest BCUT2D eigenvalue weighted by atomic mass is 35.5. The summed E-state index contributed by atoms with van der Waals surface area (Å²) in [5, 5.41) is 6.27. The molecule has 1 aromatic rings. The molecule has 0 saturated carbocycles. The van der Waals surface area contributed by atoms with Crippen molar-refractivity contribution in [2.75, 3.05) is 39.3 Å². The van der Waals surface area contributed by atoms with Crippen molar-refractivity contribution in [3.63, 3.8) is 0 Å². The number of hydrogen-bond donors (Lipinski definition) is 2. The Hall–Kier alpha value is -0.880. The van der Waals surface area contributed by atoms with E-state index in [2.05, 4.69) is 15.5 Å². The summed E-state index contributed by atoms with van der Waals surface area (Å²) in [6.45, 7) is 5.19. The largest absolute Gasteiger partial charge is 0.351 e. The second-order valence-corrected chi connectivity index (χ2v) is 4.91. The Bertz CT molecular complexity index is 453. The van der Waals surface area contributed by atoms with Crippen molar-refractivity contribution in [3.05, 3.63) is 34.6 Å². The molecule has 1 fully saturated rings. The molecular weight excluding hydrogens is 304 g/mol. The molecule has 1 aliphatic rings. The van der Waals surface area contributed by atoms with Gasteiger partial charge >= 0.3 is 0 Å². The molecule has 4 nitrogen and oxygen atoms in total. The summed E-state index contributed by atoms with van der Waals surface area (Å²) in [6.07, 6.45) is 0. The third kappa shape index (κ3) is 4.90. The molecule has 1 aromatic carbocycles. The van der Waals surface area contributed by atoms with Crippen molar-refractivity contribution in [2.24, 2.45) is 0 Å². The zero-order valence-electron chi connectivity index (χ0n) is 11.0. The molecule has 112 valence electrons. The topological polar surface area (TPSA) is 44.4 Å². The number of piperazine rings is 1. The van der Waals surface area contributed by atoms with Gasteiger partial charge in [0.2, 0.25) is 0 Å². The van der Waals surface area contributed by atoms with Crippen LogP contribution in [0.4, 0.5) is 4.39 Å². The van der Waals surface area contributed by atoms with Gasteiger partial charge in [-0.05, 0) is 18.2 Å². The summed E-state index contributed by atoms with van der Waals surface area (Å²) in [4.78, 5) is 14.1. The normalized spacial score (nSPS) is 15.5. The van der Waals surface area contributed by atoms with Crippen molar-refractivity contribution in [2.45, 2.75) is 0 Å². The highest BCUT2D eigenvalue weighted by molar-refractivity contribution is 6.30. The van der Waals surface area contributed by atoms with Crippen LogP contribution in [-0.2, 0) is 0 Å². The standard InChI is InChI=1S/C13H17ClFN3O.ClH/c14-10-1-2-11(12(15)9-10)13(19)17-5-8-18-6-3-16-4-7-18;/h1-2,9,16H,3-8H2,(H,17,19);1H. The van der Waals surface area contributed by atoms with Crippen LogP contribution in [0.25, 0.3) is 0 Å².